The van der Waals surface area contributed by atoms with Crippen LogP contribution in [0.3, 0.4) is 0 Å². The van der Waals surface area contributed by atoms with Gasteiger partial charge in [0, 0.05) is 17.3 Å². The lowest BCUT2D eigenvalue weighted by molar-refractivity contribution is 0.686. The van der Waals surface area contributed by atoms with Crippen LogP contribution in [-0.2, 0) is 6.42 Å². The van der Waals surface area contributed by atoms with Gasteiger partial charge in [0.25, 0.3) is 0 Å². The number of nitrogens with zero attached hydrogens (tertiary/aromatic N) is 1. The van der Waals surface area contributed by atoms with Crippen LogP contribution < -0.4 is 0 Å². The molecule has 1 aromatic heterocycles. The molecule has 0 aromatic carbocycles. The molecule has 0 saturated heterocycles. The highest BCUT2D eigenvalue weighted by molar-refractivity contribution is 5.26. The Bertz CT molecular complexity index is 348. The van der Waals surface area contributed by atoms with Crippen molar-refractivity contribution in [2.24, 2.45) is 0 Å². The maximum Gasteiger partial charge on any atom is 0.0440 e. The van der Waals surface area contributed by atoms with Gasteiger partial charge in [-0.2, -0.15) is 0 Å². The SMILES string of the molecule is CCc1cc(C(C)C)cc(C2CCCC2)n1. The largest absolute Gasteiger partial charge is 0.258 e. The van der Waals surface area contributed by atoms with Crippen molar-refractivity contribution in [2.75, 3.05) is 0 Å². The third-order valence-electron chi connectivity index (χ3n) is 3.72. The second-order valence-electron chi connectivity index (χ2n) is 5.31. The molecule has 0 spiro atoms. The zero-order valence-corrected chi connectivity index (χ0v) is 10.8. The normalized spacial score (nSPS) is 17.2. The number of aryl methyl sites for hydroxylation is 1. The summed E-state index contributed by atoms with van der Waals surface area (Å²) in [6.45, 7) is 6.74. The van der Waals surface area contributed by atoms with Crippen molar-refractivity contribution in [3.8, 4) is 0 Å². The Kier molecular flexibility index (Phi) is 3.63. The van der Waals surface area contributed by atoms with E-state index in [-0.39, 0.29) is 0 Å². The summed E-state index contributed by atoms with van der Waals surface area (Å²) in [5.41, 5.74) is 4.10. The molecule has 0 aliphatic heterocycles. The Morgan fingerprint density at radius 3 is 2.50 bits per heavy atom. The molecule has 88 valence electrons. The molecular weight excluding hydrogens is 194 g/mol. The van der Waals surface area contributed by atoms with Gasteiger partial charge in [0.05, 0.1) is 0 Å². The van der Waals surface area contributed by atoms with E-state index in [0.717, 1.165) is 12.3 Å². The Hall–Kier alpha value is -0.850. The van der Waals surface area contributed by atoms with Crippen LogP contribution in [0.4, 0.5) is 0 Å². The van der Waals surface area contributed by atoms with E-state index < -0.39 is 0 Å². The molecule has 1 aliphatic rings. The topological polar surface area (TPSA) is 12.9 Å². The van der Waals surface area contributed by atoms with Gasteiger partial charge >= 0.3 is 0 Å². The van der Waals surface area contributed by atoms with Gasteiger partial charge in [0.1, 0.15) is 0 Å². The Morgan fingerprint density at radius 2 is 1.94 bits per heavy atom. The highest BCUT2D eigenvalue weighted by atomic mass is 14.7. The molecule has 0 N–H and O–H groups in total. The summed E-state index contributed by atoms with van der Waals surface area (Å²) in [6.07, 6.45) is 6.52. The van der Waals surface area contributed by atoms with Gasteiger partial charge in [0.2, 0.25) is 0 Å². The van der Waals surface area contributed by atoms with E-state index in [1.807, 2.05) is 0 Å². The standard InChI is InChI=1S/C15H23N/c1-4-14-9-13(11(2)3)10-15(16-14)12-7-5-6-8-12/h9-12H,4-8H2,1-3H3. The smallest absolute Gasteiger partial charge is 0.0440 e. The highest BCUT2D eigenvalue weighted by Gasteiger charge is 2.19. The van der Waals surface area contributed by atoms with E-state index >= 15 is 0 Å². The molecule has 1 fully saturated rings. The Labute approximate surface area is 99.3 Å². The van der Waals surface area contributed by atoms with Gasteiger partial charge in [-0.3, -0.25) is 4.98 Å². The van der Waals surface area contributed by atoms with Gasteiger partial charge in [-0.15, -0.1) is 0 Å². The number of hydrogen-bond acceptors (Lipinski definition) is 1. The number of aromatic nitrogens is 1. The average Bonchev–Trinajstić information content (AvgIpc) is 2.81. The molecule has 1 saturated carbocycles. The lowest BCUT2D eigenvalue weighted by Gasteiger charge is -2.14. The fraction of sp³-hybridized carbons (Fsp3) is 0.667. The van der Waals surface area contributed by atoms with E-state index in [9.17, 15) is 0 Å². The van der Waals surface area contributed by atoms with Crippen LogP contribution >= 0.6 is 0 Å². The first-order chi connectivity index (χ1) is 7.70. The molecule has 1 aliphatic carbocycles. The predicted octanol–water partition coefficient (Wildman–Crippen LogP) is 4.43. The van der Waals surface area contributed by atoms with E-state index in [2.05, 4.69) is 32.9 Å². The van der Waals surface area contributed by atoms with Crippen molar-refractivity contribution in [3.05, 3.63) is 29.1 Å². The number of pyridine rings is 1. The van der Waals surface area contributed by atoms with Crippen LogP contribution in [0, 0.1) is 0 Å². The van der Waals surface area contributed by atoms with Crippen molar-refractivity contribution in [1.29, 1.82) is 0 Å². The minimum atomic E-state index is 0.619. The third-order valence-corrected chi connectivity index (χ3v) is 3.72. The maximum atomic E-state index is 4.82. The fourth-order valence-electron chi connectivity index (χ4n) is 2.58. The van der Waals surface area contributed by atoms with Crippen molar-refractivity contribution in [1.82, 2.24) is 4.98 Å². The average molecular weight is 217 g/mol. The first kappa shape index (κ1) is 11.6. The highest BCUT2D eigenvalue weighted by Crippen LogP contribution is 2.34. The van der Waals surface area contributed by atoms with Crippen molar-refractivity contribution < 1.29 is 0 Å². The molecule has 0 atom stereocenters. The van der Waals surface area contributed by atoms with Gasteiger partial charge in [-0.05, 0) is 42.9 Å². The van der Waals surface area contributed by atoms with Gasteiger partial charge in [-0.25, -0.2) is 0 Å². The molecule has 1 heterocycles. The van der Waals surface area contributed by atoms with E-state index in [0.29, 0.717) is 5.92 Å². The molecule has 1 heteroatoms. The first-order valence-corrected chi connectivity index (χ1v) is 6.71. The van der Waals surface area contributed by atoms with Crippen LogP contribution in [0.2, 0.25) is 0 Å². The zero-order chi connectivity index (χ0) is 11.5. The summed E-state index contributed by atoms with van der Waals surface area (Å²) in [5, 5.41) is 0. The minimum absolute atomic E-state index is 0.619. The van der Waals surface area contributed by atoms with Crippen LogP contribution in [0.25, 0.3) is 0 Å². The summed E-state index contributed by atoms with van der Waals surface area (Å²) in [6, 6.07) is 4.63. The van der Waals surface area contributed by atoms with Crippen LogP contribution in [0.15, 0.2) is 12.1 Å². The lowest BCUT2D eigenvalue weighted by atomic mass is 9.96. The molecule has 2 rings (SSSR count). The monoisotopic (exact) mass is 217 g/mol. The Balaban J connectivity index is 2.32. The number of rotatable bonds is 3. The van der Waals surface area contributed by atoms with E-state index in [1.54, 1.807) is 0 Å². The molecule has 0 bridgehead atoms. The summed E-state index contributed by atoms with van der Waals surface area (Å²) in [4.78, 5) is 4.82. The summed E-state index contributed by atoms with van der Waals surface area (Å²) < 4.78 is 0. The first-order valence-electron chi connectivity index (χ1n) is 6.71. The van der Waals surface area contributed by atoms with Crippen molar-refractivity contribution in [3.63, 3.8) is 0 Å². The van der Waals surface area contributed by atoms with Gasteiger partial charge in [0.15, 0.2) is 0 Å². The molecule has 0 amide bonds. The fourth-order valence-corrected chi connectivity index (χ4v) is 2.58. The lowest BCUT2D eigenvalue weighted by Crippen LogP contribution is -2.02. The molecule has 1 nitrogen and oxygen atoms in total. The van der Waals surface area contributed by atoms with Crippen LogP contribution in [0.5, 0.6) is 0 Å². The minimum Gasteiger partial charge on any atom is -0.258 e. The quantitative estimate of drug-likeness (QED) is 0.730. The van der Waals surface area contributed by atoms with Crippen LogP contribution in [0.1, 0.15) is 75.2 Å². The summed E-state index contributed by atoms with van der Waals surface area (Å²) >= 11 is 0. The second-order valence-corrected chi connectivity index (χ2v) is 5.31. The maximum absolute atomic E-state index is 4.82. The van der Waals surface area contributed by atoms with Crippen LogP contribution in [-0.4, -0.2) is 4.98 Å². The molecule has 0 unspecified atom stereocenters. The van der Waals surface area contributed by atoms with Gasteiger partial charge < -0.3 is 0 Å². The molecule has 16 heavy (non-hydrogen) atoms. The molecule has 1 aromatic rings. The van der Waals surface area contributed by atoms with E-state index in [1.165, 1.54) is 42.6 Å². The second kappa shape index (κ2) is 4.99. The summed E-state index contributed by atoms with van der Waals surface area (Å²) in [7, 11) is 0. The van der Waals surface area contributed by atoms with Gasteiger partial charge in [-0.1, -0.05) is 33.6 Å². The van der Waals surface area contributed by atoms with Crippen molar-refractivity contribution >= 4 is 0 Å². The van der Waals surface area contributed by atoms with Crippen molar-refractivity contribution in [2.45, 2.75) is 64.7 Å². The molecular formula is C15H23N. The predicted molar refractivity (Wildman–Crippen MR) is 68.9 cm³/mol. The zero-order valence-electron chi connectivity index (χ0n) is 10.8. The third kappa shape index (κ3) is 2.45. The summed E-state index contributed by atoms with van der Waals surface area (Å²) in [5.74, 6) is 1.36. The number of hydrogen-bond donors (Lipinski definition) is 0. The Morgan fingerprint density at radius 1 is 1.25 bits per heavy atom. The molecule has 0 radical (unpaired) electrons. The van der Waals surface area contributed by atoms with E-state index in [4.69, 9.17) is 4.98 Å².